The molecule has 0 aliphatic carbocycles. The van der Waals surface area contributed by atoms with E-state index in [1.54, 1.807) is 0 Å². The van der Waals surface area contributed by atoms with Gasteiger partial charge in [0.2, 0.25) is 0 Å². The first-order valence-corrected chi connectivity index (χ1v) is 4.24. The number of amidine groups is 1. The minimum atomic E-state index is -0.420. The van der Waals surface area contributed by atoms with Gasteiger partial charge >= 0.3 is 0 Å². The molecule has 0 rings (SSSR count). The molecule has 0 N–H and O–H groups in total. The average Bonchev–Trinajstić information content (AvgIpc) is 2.11. The van der Waals surface area contributed by atoms with Gasteiger partial charge in [-0.15, -0.1) is 0 Å². The van der Waals surface area contributed by atoms with Crippen LogP contribution >= 0.6 is 0 Å². The van der Waals surface area contributed by atoms with Crippen molar-refractivity contribution in [2.24, 2.45) is 4.99 Å². The molecule has 0 radical (unpaired) electrons. The van der Waals surface area contributed by atoms with Crippen molar-refractivity contribution in [2.45, 2.75) is 26.8 Å². The topological polar surface area (TPSA) is 15.6 Å². The van der Waals surface area contributed by atoms with Crippen LogP contribution in [-0.2, 0) is 0 Å². The second-order valence-electron chi connectivity index (χ2n) is 3.10. The molecule has 13 heavy (non-hydrogen) atoms. The van der Waals surface area contributed by atoms with E-state index in [4.69, 9.17) is 0 Å². The van der Waals surface area contributed by atoms with Crippen molar-refractivity contribution >= 4 is 5.84 Å². The number of nitrogens with zero attached hydrogens (tertiary/aromatic N) is 2. The van der Waals surface area contributed by atoms with Crippen LogP contribution in [0.3, 0.4) is 0 Å². The van der Waals surface area contributed by atoms with Crippen LogP contribution in [0.25, 0.3) is 0 Å². The van der Waals surface area contributed by atoms with Crippen LogP contribution in [0.4, 0.5) is 4.39 Å². The summed E-state index contributed by atoms with van der Waals surface area (Å²) in [6.45, 7) is 9.23. The SMILES string of the molecule is C=C/C(F)=C/N=C(/C)N(C)C(C)C. The summed E-state index contributed by atoms with van der Waals surface area (Å²) in [6, 6.07) is 0.365. The molecule has 74 valence electrons. The summed E-state index contributed by atoms with van der Waals surface area (Å²) in [5.74, 6) is 0.364. The van der Waals surface area contributed by atoms with Crippen LogP contribution in [-0.4, -0.2) is 23.8 Å². The Balaban J connectivity index is 4.41. The standard InChI is InChI=1S/C10H17FN2/c1-6-10(11)7-12-9(4)13(5)8(2)3/h6-8H,1H2,2-5H3/b10-7-,12-9-. The van der Waals surface area contributed by atoms with Crippen molar-refractivity contribution < 1.29 is 4.39 Å². The van der Waals surface area contributed by atoms with Crippen molar-refractivity contribution in [3.05, 3.63) is 24.7 Å². The van der Waals surface area contributed by atoms with Gasteiger partial charge in [0.25, 0.3) is 0 Å². The maximum Gasteiger partial charge on any atom is 0.140 e. The lowest BCUT2D eigenvalue weighted by Crippen LogP contribution is -2.30. The Bertz CT molecular complexity index is 229. The van der Waals surface area contributed by atoms with E-state index in [1.807, 2.05) is 32.7 Å². The van der Waals surface area contributed by atoms with E-state index in [9.17, 15) is 4.39 Å². The van der Waals surface area contributed by atoms with Crippen molar-refractivity contribution in [3.63, 3.8) is 0 Å². The highest BCUT2D eigenvalue weighted by atomic mass is 19.1. The Morgan fingerprint density at radius 1 is 1.54 bits per heavy atom. The van der Waals surface area contributed by atoms with Gasteiger partial charge in [-0.1, -0.05) is 6.58 Å². The Morgan fingerprint density at radius 3 is 2.46 bits per heavy atom. The van der Waals surface area contributed by atoms with Gasteiger partial charge in [-0.2, -0.15) is 0 Å². The largest absolute Gasteiger partial charge is 0.361 e. The van der Waals surface area contributed by atoms with E-state index in [1.165, 1.54) is 6.20 Å². The molecule has 0 amide bonds. The van der Waals surface area contributed by atoms with Gasteiger partial charge in [-0.05, 0) is 26.8 Å². The normalized spacial score (nSPS) is 13.4. The molecule has 0 aromatic carbocycles. The molecule has 0 aliphatic rings. The third-order valence-electron chi connectivity index (χ3n) is 1.85. The summed E-state index contributed by atoms with van der Waals surface area (Å²) in [5.41, 5.74) is 0. The fraction of sp³-hybridized carbons (Fsp3) is 0.500. The minimum absolute atomic E-state index is 0.365. The Labute approximate surface area is 79.5 Å². The van der Waals surface area contributed by atoms with Crippen LogP contribution in [0.5, 0.6) is 0 Å². The summed E-state index contributed by atoms with van der Waals surface area (Å²) in [6.07, 6.45) is 2.30. The number of rotatable bonds is 3. The number of hydrogen-bond donors (Lipinski definition) is 0. The van der Waals surface area contributed by atoms with E-state index in [-0.39, 0.29) is 0 Å². The van der Waals surface area contributed by atoms with Crippen molar-refractivity contribution in [1.29, 1.82) is 0 Å². The van der Waals surface area contributed by atoms with Crippen LogP contribution < -0.4 is 0 Å². The van der Waals surface area contributed by atoms with Gasteiger partial charge in [0.1, 0.15) is 11.7 Å². The van der Waals surface area contributed by atoms with E-state index in [0.717, 1.165) is 11.9 Å². The first-order valence-electron chi connectivity index (χ1n) is 4.24. The molecule has 0 atom stereocenters. The fourth-order valence-electron chi connectivity index (χ4n) is 0.673. The molecule has 0 unspecified atom stereocenters. The van der Waals surface area contributed by atoms with Crippen molar-refractivity contribution in [2.75, 3.05) is 7.05 Å². The molecule has 2 nitrogen and oxygen atoms in total. The van der Waals surface area contributed by atoms with Crippen LogP contribution in [0.15, 0.2) is 29.7 Å². The summed E-state index contributed by atoms with van der Waals surface area (Å²) >= 11 is 0. The lowest BCUT2D eigenvalue weighted by atomic mass is 10.3. The summed E-state index contributed by atoms with van der Waals surface area (Å²) in [4.78, 5) is 5.92. The molecular formula is C10H17FN2. The van der Waals surface area contributed by atoms with Crippen LogP contribution in [0.1, 0.15) is 20.8 Å². The second-order valence-corrected chi connectivity index (χ2v) is 3.10. The quantitative estimate of drug-likeness (QED) is 0.374. The Hall–Kier alpha value is -1.12. The average molecular weight is 184 g/mol. The molecule has 3 heteroatoms. The number of aliphatic imine (C=N–C) groups is 1. The predicted molar refractivity (Wildman–Crippen MR) is 55.4 cm³/mol. The van der Waals surface area contributed by atoms with Gasteiger partial charge in [-0.25, -0.2) is 9.38 Å². The predicted octanol–water partition coefficient (Wildman–Crippen LogP) is 2.74. The maximum absolute atomic E-state index is 12.6. The van der Waals surface area contributed by atoms with Gasteiger partial charge in [-0.3, -0.25) is 0 Å². The zero-order valence-electron chi connectivity index (χ0n) is 8.71. The highest BCUT2D eigenvalue weighted by Gasteiger charge is 2.03. The smallest absolute Gasteiger partial charge is 0.140 e. The monoisotopic (exact) mass is 184 g/mol. The summed E-state index contributed by atoms with van der Waals surface area (Å²) in [7, 11) is 1.92. The van der Waals surface area contributed by atoms with E-state index < -0.39 is 5.83 Å². The molecule has 0 spiro atoms. The molecule has 0 heterocycles. The van der Waals surface area contributed by atoms with Crippen molar-refractivity contribution in [3.8, 4) is 0 Å². The van der Waals surface area contributed by atoms with Crippen molar-refractivity contribution in [1.82, 2.24) is 4.90 Å². The molecule has 0 saturated heterocycles. The maximum atomic E-state index is 12.6. The molecule has 0 fully saturated rings. The minimum Gasteiger partial charge on any atom is -0.361 e. The van der Waals surface area contributed by atoms with Gasteiger partial charge in [0, 0.05) is 13.1 Å². The highest BCUT2D eigenvalue weighted by molar-refractivity contribution is 5.80. The van der Waals surface area contributed by atoms with E-state index in [2.05, 4.69) is 11.6 Å². The van der Waals surface area contributed by atoms with E-state index in [0.29, 0.717) is 6.04 Å². The molecular weight excluding hydrogens is 167 g/mol. The zero-order chi connectivity index (χ0) is 10.4. The fourth-order valence-corrected chi connectivity index (χ4v) is 0.673. The van der Waals surface area contributed by atoms with Gasteiger partial charge in [0.15, 0.2) is 0 Å². The number of halogens is 1. The van der Waals surface area contributed by atoms with Gasteiger partial charge < -0.3 is 4.90 Å². The third kappa shape index (κ3) is 4.45. The first kappa shape index (κ1) is 11.9. The molecule has 0 saturated carbocycles. The summed E-state index contributed by atoms with van der Waals surface area (Å²) in [5, 5.41) is 0. The zero-order valence-corrected chi connectivity index (χ0v) is 8.71. The lowest BCUT2D eigenvalue weighted by molar-refractivity contribution is 0.415. The van der Waals surface area contributed by atoms with Crippen LogP contribution in [0, 0.1) is 0 Å². The highest BCUT2D eigenvalue weighted by Crippen LogP contribution is 2.00. The molecule has 0 bridgehead atoms. The molecule has 0 aromatic rings. The lowest BCUT2D eigenvalue weighted by Gasteiger charge is -2.22. The first-order chi connectivity index (χ1) is 5.99. The number of allylic oxidation sites excluding steroid dienone is 2. The third-order valence-corrected chi connectivity index (χ3v) is 1.85. The molecule has 0 aromatic heterocycles. The van der Waals surface area contributed by atoms with Crippen LogP contribution in [0.2, 0.25) is 0 Å². The summed E-state index contributed by atoms with van der Waals surface area (Å²) < 4.78 is 12.6. The Kier molecular flexibility index (Phi) is 5.04. The van der Waals surface area contributed by atoms with Gasteiger partial charge in [0.05, 0.1) is 6.20 Å². The Morgan fingerprint density at radius 2 is 2.08 bits per heavy atom. The second kappa shape index (κ2) is 5.51. The number of hydrogen-bond acceptors (Lipinski definition) is 1. The molecule has 0 aliphatic heterocycles. The van der Waals surface area contributed by atoms with E-state index >= 15 is 0 Å².